The van der Waals surface area contributed by atoms with Crippen LogP contribution in [0, 0.1) is 0 Å². The molecule has 2 aromatic rings. The summed E-state index contributed by atoms with van der Waals surface area (Å²) in [5.74, 6) is -0.215. The van der Waals surface area contributed by atoms with Crippen molar-refractivity contribution in [1.82, 2.24) is 5.32 Å². The van der Waals surface area contributed by atoms with Gasteiger partial charge in [-0.25, -0.2) is 0 Å². The van der Waals surface area contributed by atoms with Crippen LogP contribution in [0.15, 0.2) is 41.8 Å². The van der Waals surface area contributed by atoms with E-state index >= 15 is 0 Å². The molecule has 23 heavy (non-hydrogen) atoms. The second-order valence-corrected chi connectivity index (χ2v) is 6.34. The number of unbranched alkanes of at least 4 members (excludes halogenated alkanes) is 1. The fraction of sp³-hybridized carbons (Fsp3) is 0.333. The molecule has 4 nitrogen and oxygen atoms in total. The van der Waals surface area contributed by atoms with Crippen LogP contribution in [0.5, 0.6) is 0 Å². The maximum Gasteiger partial charge on any atom is 0.254 e. The van der Waals surface area contributed by atoms with Crippen LogP contribution in [-0.4, -0.2) is 11.8 Å². The summed E-state index contributed by atoms with van der Waals surface area (Å²) in [6.45, 7) is 3.99. The second kappa shape index (κ2) is 8.48. The summed E-state index contributed by atoms with van der Waals surface area (Å²) in [6.07, 6.45) is 2.31. The highest BCUT2D eigenvalue weighted by Crippen LogP contribution is 2.24. The minimum atomic E-state index is -0.173. The molecular weight excluding hydrogens is 308 g/mol. The molecule has 0 aliphatic heterocycles. The predicted octanol–water partition coefficient (Wildman–Crippen LogP) is 4.37. The van der Waals surface area contributed by atoms with Crippen LogP contribution in [0.2, 0.25) is 0 Å². The Morgan fingerprint density at radius 2 is 1.91 bits per heavy atom. The molecule has 0 spiro atoms. The highest BCUT2D eigenvalue weighted by molar-refractivity contribution is 7.14. The van der Waals surface area contributed by atoms with Gasteiger partial charge in [-0.05, 0) is 30.4 Å². The summed E-state index contributed by atoms with van der Waals surface area (Å²) in [7, 11) is 0. The van der Waals surface area contributed by atoms with Gasteiger partial charge in [0.15, 0.2) is 0 Å². The maximum atomic E-state index is 12.5. The van der Waals surface area contributed by atoms with Crippen molar-refractivity contribution >= 4 is 28.2 Å². The Hall–Kier alpha value is -2.14. The van der Waals surface area contributed by atoms with Gasteiger partial charge in [0, 0.05) is 6.42 Å². The standard InChI is InChI=1S/C18H22N2O2S/c1-3-4-10-16(21)20-18-15(11-12-23-18)17(22)19-13(2)14-8-6-5-7-9-14/h5-9,11-13H,3-4,10H2,1-2H3,(H,19,22)(H,20,21)/t13-/m0/s1. The number of thiophene rings is 1. The van der Waals surface area contributed by atoms with Gasteiger partial charge in [0.1, 0.15) is 5.00 Å². The molecule has 0 fully saturated rings. The van der Waals surface area contributed by atoms with Crippen molar-refractivity contribution in [3.63, 3.8) is 0 Å². The van der Waals surface area contributed by atoms with E-state index in [-0.39, 0.29) is 17.9 Å². The van der Waals surface area contributed by atoms with Crippen molar-refractivity contribution in [1.29, 1.82) is 0 Å². The van der Waals surface area contributed by atoms with E-state index in [2.05, 4.69) is 10.6 Å². The molecule has 0 aliphatic rings. The van der Waals surface area contributed by atoms with E-state index < -0.39 is 0 Å². The molecular formula is C18H22N2O2S. The molecule has 2 N–H and O–H groups in total. The number of carbonyl (C=O) groups is 2. The van der Waals surface area contributed by atoms with E-state index in [1.165, 1.54) is 11.3 Å². The van der Waals surface area contributed by atoms with Crippen LogP contribution >= 0.6 is 11.3 Å². The van der Waals surface area contributed by atoms with Crippen LogP contribution in [0.4, 0.5) is 5.00 Å². The quantitative estimate of drug-likeness (QED) is 0.792. The molecule has 0 bridgehead atoms. The van der Waals surface area contributed by atoms with Gasteiger partial charge in [-0.3, -0.25) is 9.59 Å². The second-order valence-electron chi connectivity index (χ2n) is 5.42. The minimum Gasteiger partial charge on any atom is -0.345 e. The summed E-state index contributed by atoms with van der Waals surface area (Å²) >= 11 is 1.37. The first-order valence-corrected chi connectivity index (χ1v) is 8.73. The number of hydrogen-bond acceptors (Lipinski definition) is 3. The molecule has 1 atom stereocenters. The van der Waals surface area contributed by atoms with Crippen molar-refractivity contribution in [2.24, 2.45) is 0 Å². The third-order valence-corrected chi connectivity index (χ3v) is 4.40. The molecule has 0 aliphatic carbocycles. The topological polar surface area (TPSA) is 58.2 Å². The largest absolute Gasteiger partial charge is 0.345 e. The van der Waals surface area contributed by atoms with Crippen molar-refractivity contribution < 1.29 is 9.59 Å². The fourth-order valence-corrected chi connectivity index (χ4v) is 3.01. The Labute approximate surface area is 140 Å². The first kappa shape index (κ1) is 17.2. The van der Waals surface area contributed by atoms with Gasteiger partial charge in [-0.15, -0.1) is 11.3 Å². The molecule has 1 aromatic carbocycles. The number of hydrogen-bond donors (Lipinski definition) is 2. The van der Waals surface area contributed by atoms with E-state index in [9.17, 15) is 9.59 Å². The molecule has 2 rings (SSSR count). The monoisotopic (exact) mass is 330 g/mol. The molecule has 1 aromatic heterocycles. The first-order chi connectivity index (χ1) is 11.1. The molecule has 1 heterocycles. The maximum absolute atomic E-state index is 12.5. The number of benzene rings is 1. The molecule has 5 heteroatoms. The first-order valence-electron chi connectivity index (χ1n) is 7.85. The summed E-state index contributed by atoms with van der Waals surface area (Å²) < 4.78 is 0. The predicted molar refractivity (Wildman–Crippen MR) is 94.8 cm³/mol. The average molecular weight is 330 g/mol. The number of amides is 2. The molecule has 0 saturated heterocycles. The van der Waals surface area contributed by atoms with Gasteiger partial charge in [-0.2, -0.15) is 0 Å². The molecule has 0 radical (unpaired) electrons. The summed E-state index contributed by atoms with van der Waals surface area (Å²) in [5, 5.41) is 8.24. The Kier molecular flexibility index (Phi) is 6.35. The Morgan fingerprint density at radius 3 is 2.61 bits per heavy atom. The highest BCUT2D eigenvalue weighted by Gasteiger charge is 2.17. The molecule has 0 unspecified atom stereocenters. The van der Waals surface area contributed by atoms with Crippen molar-refractivity contribution in [3.8, 4) is 0 Å². The van der Waals surface area contributed by atoms with Crippen LogP contribution < -0.4 is 10.6 Å². The van der Waals surface area contributed by atoms with E-state index in [4.69, 9.17) is 0 Å². The summed E-state index contributed by atoms with van der Waals surface area (Å²) in [5.41, 5.74) is 1.56. The number of carbonyl (C=O) groups excluding carboxylic acids is 2. The zero-order chi connectivity index (χ0) is 16.7. The third kappa shape index (κ3) is 4.93. The van der Waals surface area contributed by atoms with Crippen LogP contribution in [-0.2, 0) is 4.79 Å². The zero-order valence-electron chi connectivity index (χ0n) is 13.5. The summed E-state index contributed by atoms with van der Waals surface area (Å²) in [6, 6.07) is 11.4. The third-order valence-electron chi connectivity index (χ3n) is 3.57. The normalized spacial score (nSPS) is 11.7. The van der Waals surface area contributed by atoms with Crippen LogP contribution in [0.1, 0.15) is 55.1 Å². The van der Waals surface area contributed by atoms with E-state index in [0.29, 0.717) is 17.0 Å². The highest BCUT2D eigenvalue weighted by atomic mass is 32.1. The van der Waals surface area contributed by atoms with E-state index in [1.807, 2.05) is 49.6 Å². The number of anilines is 1. The summed E-state index contributed by atoms with van der Waals surface area (Å²) in [4.78, 5) is 24.3. The van der Waals surface area contributed by atoms with Crippen molar-refractivity contribution in [3.05, 3.63) is 52.9 Å². The van der Waals surface area contributed by atoms with Crippen molar-refractivity contribution in [2.45, 2.75) is 39.2 Å². The SMILES string of the molecule is CCCCC(=O)Nc1sccc1C(=O)N[C@@H](C)c1ccccc1. The van der Waals surface area contributed by atoms with Crippen LogP contribution in [0.3, 0.4) is 0 Å². The lowest BCUT2D eigenvalue weighted by Gasteiger charge is -2.14. The smallest absolute Gasteiger partial charge is 0.254 e. The van der Waals surface area contributed by atoms with Gasteiger partial charge in [-0.1, -0.05) is 43.7 Å². The Morgan fingerprint density at radius 1 is 1.17 bits per heavy atom. The molecule has 0 saturated carbocycles. The van der Waals surface area contributed by atoms with Gasteiger partial charge in [0.05, 0.1) is 11.6 Å². The van der Waals surface area contributed by atoms with E-state index in [1.54, 1.807) is 6.07 Å². The van der Waals surface area contributed by atoms with Crippen LogP contribution in [0.25, 0.3) is 0 Å². The zero-order valence-corrected chi connectivity index (χ0v) is 14.3. The van der Waals surface area contributed by atoms with Gasteiger partial charge in [0.2, 0.25) is 5.91 Å². The lowest BCUT2D eigenvalue weighted by Crippen LogP contribution is -2.27. The van der Waals surface area contributed by atoms with Gasteiger partial charge >= 0.3 is 0 Å². The Bertz CT molecular complexity index is 652. The van der Waals surface area contributed by atoms with Gasteiger partial charge < -0.3 is 10.6 Å². The number of nitrogens with one attached hydrogen (secondary N) is 2. The molecule has 122 valence electrons. The van der Waals surface area contributed by atoms with Gasteiger partial charge in [0.25, 0.3) is 5.91 Å². The lowest BCUT2D eigenvalue weighted by molar-refractivity contribution is -0.116. The lowest BCUT2D eigenvalue weighted by atomic mass is 10.1. The van der Waals surface area contributed by atoms with Crippen molar-refractivity contribution in [2.75, 3.05) is 5.32 Å². The average Bonchev–Trinajstić information content (AvgIpc) is 3.01. The number of rotatable bonds is 7. The Balaban J connectivity index is 2.00. The molecule has 2 amide bonds. The minimum absolute atomic E-state index is 0.0422. The fourth-order valence-electron chi connectivity index (χ4n) is 2.21. The van der Waals surface area contributed by atoms with E-state index in [0.717, 1.165) is 18.4 Å².